The van der Waals surface area contributed by atoms with Gasteiger partial charge in [-0.2, -0.15) is 0 Å². The summed E-state index contributed by atoms with van der Waals surface area (Å²) in [6.07, 6.45) is 6.29. The van der Waals surface area contributed by atoms with Crippen LogP contribution in [0.15, 0.2) is 43.1 Å². The molecule has 23 heavy (non-hydrogen) atoms. The molecule has 3 rings (SSSR count). The summed E-state index contributed by atoms with van der Waals surface area (Å²) < 4.78 is 1.56. The Kier molecular flexibility index (Phi) is 3.76. The maximum absolute atomic E-state index is 11.8. The first-order chi connectivity index (χ1) is 11.0. The number of benzene rings is 1. The number of aliphatic carboxylic acids is 1. The molecule has 2 aromatic heterocycles. The van der Waals surface area contributed by atoms with E-state index in [0.717, 1.165) is 11.4 Å². The topological polar surface area (TPSA) is 97.1 Å². The van der Waals surface area contributed by atoms with E-state index in [1.807, 2.05) is 12.1 Å². The molecule has 2 N–H and O–H groups in total. The number of Topliss-reactive ketones (excluding diaryl/α,β-unsaturated/α-hetero) is 1. The molecule has 0 unspecified atom stereocenters. The maximum atomic E-state index is 11.8. The molecular formula is C16H14N4O3. The zero-order chi connectivity index (χ0) is 16.4. The zero-order valence-electron chi connectivity index (χ0n) is 12.4. The Labute approximate surface area is 131 Å². The van der Waals surface area contributed by atoms with Crippen LogP contribution < -0.4 is 5.32 Å². The number of aromatic nitrogens is 3. The molecule has 0 fully saturated rings. The second-order valence-corrected chi connectivity index (χ2v) is 5.10. The number of nitrogens with zero attached hydrogens (tertiary/aromatic N) is 3. The first-order valence-corrected chi connectivity index (χ1v) is 6.92. The summed E-state index contributed by atoms with van der Waals surface area (Å²) in [7, 11) is 0. The summed E-state index contributed by atoms with van der Waals surface area (Å²) in [5, 5.41) is 12.9. The number of hydrogen-bond acceptors (Lipinski definition) is 5. The number of carboxylic acid groups (broad SMARTS) is 1. The highest BCUT2D eigenvalue weighted by Crippen LogP contribution is 2.27. The molecule has 0 saturated heterocycles. The normalized spacial score (nSPS) is 10.7. The molecule has 0 aliphatic heterocycles. The largest absolute Gasteiger partial charge is 0.480 e. The number of ketones is 1. The molecule has 0 aliphatic carbocycles. The van der Waals surface area contributed by atoms with Crippen LogP contribution in [0.5, 0.6) is 0 Å². The fourth-order valence-electron chi connectivity index (χ4n) is 2.46. The third-order valence-corrected chi connectivity index (χ3v) is 3.42. The van der Waals surface area contributed by atoms with E-state index in [-0.39, 0.29) is 12.3 Å². The minimum absolute atomic E-state index is 0.112. The fourth-order valence-corrected chi connectivity index (χ4v) is 2.46. The molecular weight excluding hydrogens is 296 g/mol. The molecule has 1 aromatic carbocycles. The first kappa shape index (κ1) is 14.7. The molecule has 0 amide bonds. The van der Waals surface area contributed by atoms with Gasteiger partial charge in [-0.3, -0.25) is 9.59 Å². The van der Waals surface area contributed by atoms with Crippen molar-refractivity contribution in [1.29, 1.82) is 0 Å². The Balaban J connectivity index is 2.05. The van der Waals surface area contributed by atoms with E-state index in [4.69, 9.17) is 5.11 Å². The molecule has 0 saturated carbocycles. The van der Waals surface area contributed by atoms with Gasteiger partial charge in [0.05, 0.1) is 18.1 Å². The summed E-state index contributed by atoms with van der Waals surface area (Å²) >= 11 is 0. The van der Waals surface area contributed by atoms with Gasteiger partial charge in [-0.1, -0.05) is 0 Å². The molecule has 0 radical (unpaired) electrons. The summed E-state index contributed by atoms with van der Waals surface area (Å²) in [4.78, 5) is 30.7. The highest BCUT2D eigenvalue weighted by atomic mass is 16.4. The van der Waals surface area contributed by atoms with Gasteiger partial charge in [0.1, 0.15) is 12.9 Å². The fraction of sp³-hybridized carbons (Fsp3) is 0.125. The van der Waals surface area contributed by atoms with Crippen molar-refractivity contribution in [2.45, 2.75) is 13.5 Å². The first-order valence-electron chi connectivity index (χ1n) is 6.92. The van der Waals surface area contributed by atoms with Crippen molar-refractivity contribution in [2.24, 2.45) is 0 Å². The molecule has 0 spiro atoms. The van der Waals surface area contributed by atoms with Crippen LogP contribution in [0.25, 0.3) is 10.9 Å². The molecule has 0 bridgehead atoms. The van der Waals surface area contributed by atoms with E-state index in [2.05, 4.69) is 15.3 Å². The van der Waals surface area contributed by atoms with Crippen LogP contribution in [0.2, 0.25) is 0 Å². The van der Waals surface area contributed by atoms with E-state index in [1.165, 1.54) is 13.3 Å². The maximum Gasteiger partial charge on any atom is 0.323 e. The number of carboxylic acids is 1. The smallest absolute Gasteiger partial charge is 0.323 e. The Hall–Kier alpha value is -3.22. The predicted octanol–water partition coefficient (Wildman–Crippen LogP) is 2.46. The summed E-state index contributed by atoms with van der Waals surface area (Å²) in [6.45, 7) is 1.27. The minimum atomic E-state index is -0.958. The highest BCUT2D eigenvalue weighted by Gasteiger charge is 2.14. The van der Waals surface area contributed by atoms with E-state index in [9.17, 15) is 9.59 Å². The van der Waals surface area contributed by atoms with Gasteiger partial charge in [0.15, 0.2) is 5.78 Å². The summed E-state index contributed by atoms with van der Waals surface area (Å²) in [5.74, 6) is -1.07. The number of carbonyl (C=O) groups excluding carboxylic acids is 1. The lowest BCUT2D eigenvalue weighted by Gasteiger charge is -2.07. The third-order valence-electron chi connectivity index (χ3n) is 3.42. The number of fused-ring (bicyclic) bond motifs is 1. The second kappa shape index (κ2) is 5.88. The van der Waals surface area contributed by atoms with E-state index in [1.54, 1.807) is 29.2 Å². The molecule has 0 aliphatic rings. The van der Waals surface area contributed by atoms with Crippen LogP contribution in [0.4, 0.5) is 11.4 Å². The van der Waals surface area contributed by atoms with Crippen LogP contribution in [-0.4, -0.2) is 31.4 Å². The average Bonchev–Trinajstić information content (AvgIpc) is 2.86. The third kappa shape index (κ3) is 3.03. The molecule has 3 aromatic rings. The van der Waals surface area contributed by atoms with Crippen molar-refractivity contribution >= 4 is 34.0 Å². The van der Waals surface area contributed by atoms with E-state index >= 15 is 0 Å². The van der Waals surface area contributed by atoms with Crippen molar-refractivity contribution in [1.82, 2.24) is 14.5 Å². The monoisotopic (exact) mass is 310 g/mol. The van der Waals surface area contributed by atoms with Crippen LogP contribution in [0, 0.1) is 0 Å². The van der Waals surface area contributed by atoms with Crippen LogP contribution in [0.3, 0.4) is 0 Å². The highest BCUT2D eigenvalue weighted by molar-refractivity contribution is 6.08. The Morgan fingerprint density at radius 3 is 2.61 bits per heavy atom. The van der Waals surface area contributed by atoms with Gasteiger partial charge in [0, 0.05) is 28.4 Å². The lowest BCUT2D eigenvalue weighted by Crippen LogP contribution is -2.07. The Bertz CT molecular complexity index is 887. The van der Waals surface area contributed by atoms with Gasteiger partial charge in [0.25, 0.3) is 0 Å². The van der Waals surface area contributed by atoms with Gasteiger partial charge in [-0.05, 0) is 25.1 Å². The SMILES string of the molecule is CC(=O)c1cn(CC(=O)O)c2ccc(Nc3cncnc3)cc12. The zero-order valence-corrected chi connectivity index (χ0v) is 12.4. The molecule has 7 heteroatoms. The van der Waals surface area contributed by atoms with Gasteiger partial charge in [-0.15, -0.1) is 0 Å². The number of anilines is 2. The number of carbonyl (C=O) groups is 2. The Morgan fingerprint density at radius 2 is 1.96 bits per heavy atom. The van der Waals surface area contributed by atoms with Crippen LogP contribution in [-0.2, 0) is 11.3 Å². The van der Waals surface area contributed by atoms with Gasteiger partial charge < -0.3 is 15.0 Å². The van der Waals surface area contributed by atoms with E-state index in [0.29, 0.717) is 16.5 Å². The summed E-state index contributed by atoms with van der Waals surface area (Å²) in [5.41, 5.74) is 2.69. The standard InChI is InChI=1S/C16H14N4O3/c1-10(21)14-7-20(8-16(22)23)15-3-2-11(4-13(14)15)19-12-5-17-9-18-6-12/h2-7,9,19H,8H2,1H3,(H,22,23). The van der Waals surface area contributed by atoms with Crippen molar-refractivity contribution in [2.75, 3.05) is 5.32 Å². The lowest BCUT2D eigenvalue weighted by molar-refractivity contribution is -0.137. The quantitative estimate of drug-likeness (QED) is 0.703. The predicted molar refractivity (Wildman–Crippen MR) is 84.9 cm³/mol. The molecule has 0 atom stereocenters. The molecule has 2 heterocycles. The lowest BCUT2D eigenvalue weighted by atomic mass is 10.1. The number of hydrogen-bond donors (Lipinski definition) is 2. The van der Waals surface area contributed by atoms with Gasteiger partial charge in [-0.25, -0.2) is 9.97 Å². The number of nitrogens with one attached hydrogen (secondary N) is 1. The second-order valence-electron chi connectivity index (χ2n) is 5.10. The van der Waals surface area contributed by atoms with Crippen molar-refractivity contribution in [3.05, 3.63) is 48.7 Å². The molecule has 116 valence electrons. The minimum Gasteiger partial charge on any atom is -0.480 e. The van der Waals surface area contributed by atoms with Crippen LogP contribution in [0.1, 0.15) is 17.3 Å². The van der Waals surface area contributed by atoms with Crippen LogP contribution >= 0.6 is 0 Å². The van der Waals surface area contributed by atoms with Gasteiger partial charge >= 0.3 is 5.97 Å². The number of rotatable bonds is 5. The molecule has 7 nitrogen and oxygen atoms in total. The average molecular weight is 310 g/mol. The van der Waals surface area contributed by atoms with Crippen molar-refractivity contribution in [3.8, 4) is 0 Å². The van der Waals surface area contributed by atoms with Gasteiger partial charge in [0.2, 0.25) is 0 Å². The van der Waals surface area contributed by atoms with Crippen molar-refractivity contribution in [3.63, 3.8) is 0 Å². The Morgan fingerprint density at radius 1 is 1.22 bits per heavy atom. The van der Waals surface area contributed by atoms with E-state index < -0.39 is 5.97 Å². The van der Waals surface area contributed by atoms with Crippen molar-refractivity contribution < 1.29 is 14.7 Å². The summed E-state index contributed by atoms with van der Waals surface area (Å²) in [6, 6.07) is 5.42.